The summed E-state index contributed by atoms with van der Waals surface area (Å²) in [6.45, 7) is 7.95. The minimum Gasteiger partial charge on any atom is -0.380 e. The normalized spacial score (nSPS) is 22.5. The van der Waals surface area contributed by atoms with Crippen LogP contribution in [0.4, 0.5) is 0 Å². The zero-order valence-electron chi connectivity index (χ0n) is 10.8. The molecule has 16 heavy (non-hydrogen) atoms. The molecule has 3 nitrogen and oxygen atoms in total. The maximum absolute atomic E-state index is 5.64. The lowest BCUT2D eigenvalue weighted by atomic mass is 10.1. The van der Waals surface area contributed by atoms with Gasteiger partial charge in [-0.15, -0.1) is 0 Å². The van der Waals surface area contributed by atoms with Crippen molar-refractivity contribution in [1.29, 1.82) is 0 Å². The first-order valence-electron chi connectivity index (χ1n) is 6.79. The average Bonchev–Trinajstić information content (AvgIpc) is 2.81. The van der Waals surface area contributed by atoms with E-state index in [2.05, 4.69) is 19.2 Å². The van der Waals surface area contributed by atoms with Gasteiger partial charge in [0.05, 0.1) is 12.7 Å². The first-order chi connectivity index (χ1) is 7.86. The Kier molecular flexibility index (Phi) is 7.81. The molecule has 1 aliphatic heterocycles. The second-order valence-corrected chi connectivity index (χ2v) is 4.52. The molecule has 1 aliphatic rings. The maximum Gasteiger partial charge on any atom is 0.0619 e. The fourth-order valence-electron chi connectivity index (χ4n) is 2.11. The summed E-state index contributed by atoms with van der Waals surface area (Å²) >= 11 is 0. The van der Waals surface area contributed by atoms with Gasteiger partial charge in [0, 0.05) is 19.3 Å². The van der Waals surface area contributed by atoms with Crippen LogP contribution in [0.3, 0.4) is 0 Å². The summed E-state index contributed by atoms with van der Waals surface area (Å²) in [6, 6.07) is 0.504. The minimum absolute atomic E-state index is 0.504. The molecule has 2 atom stereocenters. The van der Waals surface area contributed by atoms with Gasteiger partial charge in [-0.1, -0.05) is 6.92 Å². The average molecular weight is 229 g/mol. The van der Waals surface area contributed by atoms with Crippen molar-refractivity contribution in [3.63, 3.8) is 0 Å². The van der Waals surface area contributed by atoms with Crippen LogP contribution in [0.2, 0.25) is 0 Å². The van der Waals surface area contributed by atoms with E-state index in [1.165, 1.54) is 32.1 Å². The number of nitrogens with one attached hydrogen (secondary N) is 1. The molecule has 0 aliphatic carbocycles. The highest BCUT2D eigenvalue weighted by Gasteiger charge is 2.17. The van der Waals surface area contributed by atoms with Gasteiger partial charge in [-0.3, -0.25) is 0 Å². The molecule has 0 aromatic carbocycles. The van der Waals surface area contributed by atoms with Crippen LogP contribution in [0.5, 0.6) is 0 Å². The van der Waals surface area contributed by atoms with Crippen molar-refractivity contribution in [2.45, 2.75) is 58.1 Å². The minimum atomic E-state index is 0.504. The molecule has 1 heterocycles. The third-order valence-electron chi connectivity index (χ3n) is 3.07. The van der Waals surface area contributed by atoms with E-state index in [1.54, 1.807) is 0 Å². The predicted molar refractivity (Wildman–Crippen MR) is 66.8 cm³/mol. The highest BCUT2D eigenvalue weighted by atomic mass is 16.5. The van der Waals surface area contributed by atoms with Crippen LogP contribution in [0.25, 0.3) is 0 Å². The molecule has 1 rings (SSSR count). The smallest absolute Gasteiger partial charge is 0.0619 e. The molecule has 0 amide bonds. The molecule has 96 valence electrons. The summed E-state index contributed by atoms with van der Waals surface area (Å²) in [5.74, 6) is 0. The molecule has 0 aromatic rings. The highest BCUT2D eigenvalue weighted by Crippen LogP contribution is 2.17. The summed E-state index contributed by atoms with van der Waals surface area (Å²) < 4.78 is 11.1. The lowest BCUT2D eigenvalue weighted by Crippen LogP contribution is -2.34. The van der Waals surface area contributed by atoms with E-state index in [-0.39, 0.29) is 0 Å². The van der Waals surface area contributed by atoms with E-state index in [9.17, 15) is 0 Å². The molecule has 0 radical (unpaired) electrons. The molecular weight excluding hydrogens is 202 g/mol. The van der Waals surface area contributed by atoms with Crippen LogP contribution in [-0.4, -0.2) is 38.5 Å². The van der Waals surface area contributed by atoms with Gasteiger partial charge < -0.3 is 14.8 Å². The van der Waals surface area contributed by atoms with E-state index in [0.29, 0.717) is 12.1 Å². The molecule has 2 unspecified atom stereocenters. The zero-order chi connectivity index (χ0) is 11.6. The summed E-state index contributed by atoms with van der Waals surface area (Å²) in [4.78, 5) is 0. The Labute approximate surface area is 99.9 Å². The second-order valence-electron chi connectivity index (χ2n) is 4.52. The van der Waals surface area contributed by atoms with Crippen LogP contribution >= 0.6 is 0 Å². The van der Waals surface area contributed by atoms with Crippen molar-refractivity contribution in [2.24, 2.45) is 0 Å². The van der Waals surface area contributed by atoms with Gasteiger partial charge in [-0.05, 0) is 45.6 Å². The number of hydrogen-bond donors (Lipinski definition) is 1. The van der Waals surface area contributed by atoms with Crippen LogP contribution < -0.4 is 5.32 Å². The highest BCUT2D eigenvalue weighted by molar-refractivity contribution is 4.71. The molecule has 3 heteroatoms. The van der Waals surface area contributed by atoms with E-state index < -0.39 is 0 Å². The lowest BCUT2D eigenvalue weighted by molar-refractivity contribution is 0.0857. The predicted octanol–water partition coefficient (Wildman–Crippen LogP) is 2.35. The van der Waals surface area contributed by atoms with E-state index in [4.69, 9.17) is 9.47 Å². The topological polar surface area (TPSA) is 30.5 Å². The van der Waals surface area contributed by atoms with E-state index >= 15 is 0 Å². The van der Waals surface area contributed by atoms with Crippen molar-refractivity contribution in [1.82, 2.24) is 5.32 Å². The van der Waals surface area contributed by atoms with Crippen molar-refractivity contribution in [2.75, 3.05) is 26.4 Å². The van der Waals surface area contributed by atoms with Gasteiger partial charge in [0.1, 0.15) is 0 Å². The Hall–Kier alpha value is -0.120. The van der Waals surface area contributed by atoms with Crippen molar-refractivity contribution in [3.05, 3.63) is 0 Å². The van der Waals surface area contributed by atoms with Gasteiger partial charge in [-0.2, -0.15) is 0 Å². The molecule has 1 fully saturated rings. The Morgan fingerprint density at radius 1 is 1.44 bits per heavy atom. The lowest BCUT2D eigenvalue weighted by Gasteiger charge is -2.19. The van der Waals surface area contributed by atoms with Gasteiger partial charge in [0.15, 0.2) is 0 Å². The first kappa shape index (κ1) is 13.9. The maximum atomic E-state index is 5.64. The largest absolute Gasteiger partial charge is 0.380 e. The van der Waals surface area contributed by atoms with Gasteiger partial charge in [0.2, 0.25) is 0 Å². The molecule has 0 saturated carbocycles. The molecule has 0 bridgehead atoms. The Morgan fingerprint density at radius 2 is 2.31 bits per heavy atom. The van der Waals surface area contributed by atoms with E-state index in [1.807, 2.05) is 0 Å². The van der Waals surface area contributed by atoms with Gasteiger partial charge >= 0.3 is 0 Å². The Balaban J connectivity index is 2.13. The zero-order valence-corrected chi connectivity index (χ0v) is 10.8. The first-order valence-corrected chi connectivity index (χ1v) is 6.79. The number of rotatable bonds is 9. The second kappa shape index (κ2) is 8.97. The molecule has 0 aromatic heterocycles. The Bertz CT molecular complexity index is 150. The molecule has 1 saturated heterocycles. The fourth-order valence-corrected chi connectivity index (χ4v) is 2.11. The van der Waals surface area contributed by atoms with Gasteiger partial charge in [-0.25, -0.2) is 0 Å². The van der Waals surface area contributed by atoms with Crippen LogP contribution in [-0.2, 0) is 9.47 Å². The van der Waals surface area contributed by atoms with Gasteiger partial charge in [0.25, 0.3) is 0 Å². The number of hydrogen-bond acceptors (Lipinski definition) is 3. The fraction of sp³-hybridized carbons (Fsp3) is 1.00. The van der Waals surface area contributed by atoms with Crippen molar-refractivity contribution < 1.29 is 9.47 Å². The quantitative estimate of drug-likeness (QED) is 0.658. The van der Waals surface area contributed by atoms with E-state index in [0.717, 1.165) is 26.4 Å². The number of ether oxygens (including phenoxy) is 2. The monoisotopic (exact) mass is 229 g/mol. The van der Waals surface area contributed by atoms with Crippen molar-refractivity contribution >= 4 is 0 Å². The summed E-state index contributed by atoms with van der Waals surface area (Å²) in [7, 11) is 0. The van der Waals surface area contributed by atoms with Crippen LogP contribution in [0.15, 0.2) is 0 Å². The summed E-state index contributed by atoms with van der Waals surface area (Å²) in [6.07, 6.45) is 6.52. The van der Waals surface area contributed by atoms with Crippen molar-refractivity contribution in [3.8, 4) is 0 Å². The Morgan fingerprint density at radius 3 is 2.94 bits per heavy atom. The summed E-state index contributed by atoms with van der Waals surface area (Å²) in [5, 5.41) is 3.55. The molecule has 1 N–H and O–H groups in total. The third-order valence-corrected chi connectivity index (χ3v) is 3.07. The standard InChI is InChI=1S/C13H27NO2/c1-3-9-14-12(11-15-4-2)7-8-13-6-5-10-16-13/h12-14H,3-11H2,1-2H3. The third kappa shape index (κ3) is 5.83. The van der Waals surface area contributed by atoms with Crippen LogP contribution in [0, 0.1) is 0 Å². The molecule has 0 spiro atoms. The molecular formula is C13H27NO2. The SMILES string of the molecule is CCCNC(CCC1CCCO1)COCC. The summed E-state index contributed by atoms with van der Waals surface area (Å²) in [5.41, 5.74) is 0. The van der Waals surface area contributed by atoms with Crippen LogP contribution in [0.1, 0.15) is 46.0 Å².